The Bertz CT molecular complexity index is 392. The first-order valence-corrected chi connectivity index (χ1v) is 6.50. The third kappa shape index (κ3) is 4.96. The molecule has 2 nitrogen and oxygen atoms in total. The minimum absolute atomic E-state index is 0.00509. The van der Waals surface area contributed by atoms with Crippen LogP contribution < -0.4 is 0 Å². The van der Waals surface area contributed by atoms with Crippen molar-refractivity contribution in [2.24, 2.45) is 5.92 Å². The first-order chi connectivity index (χ1) is 8.52. The zero-order valence-electron chi connectivity index (χ0n) is 11.4. The summed E-state index contributed by atoms with van der Waals surface area (Å²) in [6.45, 7) is 6.08. The van der Waals surface area contributed by atoms with Crippen LogP contribution in [0.4, 0.5) is 4.39 Å². The topological polar surface area (TPSA) is 20.3 Å². The summed E-state index contributed by atoms with van der Waals surface area (Å²) in [5, 5.41) is 0. The molecule has 0 saturated heterocycles. The van der Waals surface area contributed by atoms with Gasteiger partial charge in [0.25, 0.3) is 0 Å². The SMILES string of the molecule is CCC(C)CN(C)CCC(=O)c1cccc(F)c1. The molecule has 0 bridgehead atoms. The molecule has 0 aliphatic rings. The van der Waals surface area contributed by atoms with Gasteiger partial charge in [-0.2, -0.15) is 0 Å². The number of hydrogen-bond donors (Lipinski definition) is 0. The Morgan fingerprint density at radius 1 is 1.44 bits per heavy atom. The lowest BCUT2D eigenvalue weighted by Gasteiger charge is -2.19. The van der Waals surface area contributed by atoms with Crippen molar-refractivity contribution in [1.29, 1.82) is 0 Å². The van der Waals surface area contributed by atoms with E-state index in [0.717, 1.165) is 19.5 Å². The Kier molecular flexibility index (Phi) is 5.99. The van der Waals surface area contributed by atoms with Gasteiger partial charge in [-0.25, -0.2) is 4.39 Å². The van der Waals surface area contributed by atoms with E-state index in [2.05, 4.69) is 18.7 Å². The van der Waals surface area contributed by atoms with Crippen LogP contribution in [0, 0.1) is 11.7 Å². The van der Waals surface area contributed by atoms with Crippen molar-refractivity contribution in [3.63, 3.8) is 0 Å². The molecule has 1 aromatic rings. The van der Waals surface area contributed by atoms with Crippen LogP contribution in [-0.2, 0) is 0 Å². The van der Waals surface area contributed by atoms with Gasteiger partial charge in [-0.05, 0) is 25.1 Å². The van der Waals surface area contributed by atoms with Crippen LogP contribution >= 0.6 is 0 Å². The highest BCUT2D eigenvalue weighted by atomic mass is 19.1. The molecule has 0 saturated carbocycles. The van der Waals surface area contributed by atoms with E-state index >= 15 is 0 Å². The van der Waals surface area contributed by atoms with Crippen LogP contribution in [0.5, 0.6) is 0 Å². The zero-order chi connectivity index (χ0) is 13.5. The van der Waals surface area contributed by atoms with Crippen LogP contribution in [0.15, 0.2) is 24.3 Å². The molecule has 1 atom stereocenters. The summed E-state index contributed by atoms with van der Waals surface area (Å²) in [6, 6.07) is 5.90. The molecule has 0 heterocycles. The van der Waals surface area contributed by atoms with Crippen molar-refractivity contribution in [2.45, 2.75) is 26.7 Å². The smallest absolute Gasteiger partial charge is 0.164 e. The van der Waals surface area contributed by atoms with Crippen molar-refractivity contribution in [2.75, 3.05) is 20.1 Å². The van der Waals surface area contributed by atoms with Gasteiger partial charge in [0.2, 0.25) is 0 Å². The highest BCUT2D eigenvalue weighted by Gasteiger charge is 2.09. The fourth-order valence-electron chi connectivity index (χ4n) is 1.85. The number of Topliss-reactive ketones (excluding diaryl/α,β-unsaturated/α-hetero) is 1. The van der Waals surface area contributed by atoms with E-state index in [1.54, 1.807) is 12.1 Å². The number of carbonyl (C=O) groups is 1. The average molecular weight is 251 g/mol. The van der Waals surface area contributed by atoms with Gasteiger partial charge in [0.15, 0.2) is 5.78 Å². The first kappa shape index (κ1) is 14.8. The summed E-state index contributed by atoms with van der Waals surface area (Å²) in [6.07, 6.45) is 1.58. The molecule has 0 aliphatic heterocycles. The van der Waals surface area contributed by atoms with Gasteiger partial charge in [0.05, 0.1) is 0 Å². The van der Waals surface area contributed by atoms with Gasteiger partial charge in [-0.15, -0.1) is 0 Å². The fraction of sp³-hybridized carbons (Fsp3) is 0.533. The molecular weight excluding hydrogens is 229 g/mol. The molecule has 1 unspecified atom stereocenters. The van der Waals surface area contributed by atoms with Crippen molar-refractivity contribution in [3.8, 4) is 0 Å². The number of nitrogens with zero attached hydrogens (tertiary/aromatic N) is 1. The third-order valence-corrected chi connectivity index (χ3v) is 3.19. The minimum Gasteiger partial charge on any atom is -0.306 e. The van der Waals surface area contributed by atoms with Crippen LogP contribution in [0.25, 0.3) is 0 Å². The lowest BCUT2D eigenvalue weighted by molar-refractivity contribution is 0.0966. The Labute approximate surface area is 109 Å². The van der Waals surface area contributed by atoms with Gasteiger partial charge in [0, 0.05) is 25.1 Å². The van der Waals surface area contributed by atoms with Crippen LogP contribution in [0.1, 0.15) is 37.0 Å². The summed E-state index contributed by atoms with van der Waals surface area (Å²) >= 11 is 0. The normalized spacial score (nSPS) is 12.7. The zero-order valence-corrected chi connectivity index (χ0v) is 11.4. The van der Waals surface area contributed by atoms with E-state index in [4.69, 9.17) is 0 Å². The van der Waals surface area contributed by atoms with E-state index in [1.165, 1.54) is 12.1 Å². The number of rotatable bonds is 7. The lowest BCUT2D eigenvalue weighted by Crippen LogP contribution is -2.26. The monoisotopic (exact) mass is 251 g/mol. The van der Waals surface area contributed by atoms with E-state index in [0.29, 0.717) is 17.9 Å². The predicted molar refractivity (Wildman–Crippen MR) is 72.3 cm³/mol. The largest absolute Gasteiger partial charge is 0.306 e. The molecule has 3 heteroatoms. The second kappa shape index (κ2) is 7.27. The molecule has 1 rings (SSSR count). The standard InChI is InChI=1S/C15H22FNO/c1-4-12(2)11-17(3)9-8-15(18)13-6-5-7-14(16)10-13/h5-7,10,12H,4,8-9,11H2,1-3H3. The van der Waals surface area contributed by atoms with Gasteiger partial charge in [-0.3, -0.25) is 4.79 Å². The number of ketones is 1. The van der Waals surface area contributed by atoms with E-state index < -0.39 is 0 Å². The summed E-state index contributed by atoms with van der Waals surface area (Å²) < 4.78 is 13.0. The quantitative estimate of drug-likeness (QED) is 0.692. The van der Waals surface area contributed by atoms with Crippen molar-refractivity contribution in [1.82, 2.24) is 4.90 Å². The molecule has 0 aromatic heterocycles. The minimum atomic E-state index is -0.353. The van der Waals surface area contributed by atoms with Crippen molar-refractivity contribution in [3.05, 3.63) is 35.6 Å². The predicted octanol–water partition coefficient (Wildman–Crippen LogP) is 3.38. The maximum Gasteiger partial charge on any atom is 0.164 e. The summed E-state index contributed by atoms with van der Waals surface area (Å²) in [7, 11) is 2.02. The van der Waals surface area contributed by atoms with Gasteiger partial charge in [0.1, 0.15) is 5.82 Å². The molecule has 0 N–H and O–H groups in total. The second-order valence-electron chi connectivity index (χ2n) is 4.96. The van der Waals surface area contributed by atoms with Gasteiger partial charge >= 0.3 is 0 Å². The number of carbonyl (C=O) groups excluding carboxylic acids is 1. The molecule has 100 valence electrons. The van der Waals surface area contributed by atoms with Gasteiger partial charge in [-0.1, -0.05) is 32.4 Å². The van der Waals surface area contributed by atoms with Crippen molar-refractivity contribution >= 4 is 5.78 Å². The van der Waals surface area contributed by atoms with Crippen LogP contribution in [0.3, 0.4) is 0 Å². The molecule has 0 fully saturated rings. The maximum absolute atomic E-state index is 13.0. The Hall–Kier alpha value is -1.22. The molecule has 0 radical (unpaired) electrons. The summed E-state index contributed by atoms with van der Waals surface area (Å²) in [5.41, 5.74) is 0.465. The molecule has 0 spiro atoms. The summed E-state index contributed by atoms with van der Waals surface area (Å²) in [5.74, 6) is 0.290. The average Bonchev–Trinajstić information content (AvgIpc) is 2.35. The Balaban J connectivity index is 2.41. The number of hydrogen-bond acceptors (Lipinski definition) is 2. The number of halogens is 1. The first-order valence-electron chi connectivity index (χ1n) is 6.50. The fourth-order valence-corrected chi connectivity index (χ4v) is 1.85. The highest BCUT2D eigenvalue weighted by Crippen LogP contribution is 2.08. The van der Waals surface area contributed by atoms with E-state index in [9.17, 15) is 9.18 Å². The van der Waals surface area contributed by atoms with E-state index in [-0.39, 0.29) is 11.6 Å². The molecule has 0 amide bonds. The Morgan fingerprint density at radius 3 is 2.78 bits per heavy atom. The molecular formula is C15H22FNO. The maximum atomic E-state index is 13.0. The lowest BCUT2D eigenvalue weighted by atomic mass is 10.1. The second-order valence-corrected chi connectivity index (χ2v) is 4.96. The van der Waals surface area contributed by atoms with Gasteiger partial charge < -0.3 is 4.90 Å². The van der Waals surface area contributed by atoms with E-state index in [1.807, 2.05) is 7.05 Å². The third-order valence-electron chi connectivity index (χ3n) is 3.19. The highest BCUT2D eigenvalue weighted by molar-refractivity contribution is 5.96. The Morgan fingerprint density at radius 2 is 2.17 bits per heavy atom. The van der Waals surface area contributed by atoms with Crippen molar-refractivity contribution < 1.29 is 9.18 Å². The summed E-state index contributed by atoms with van der Waals surface area (Å²) in [4.78, 5) is 14.0. The van der Waals surface area contributed by atoms with Crippen LogP contribution in [-0.4, -0.2) is 30.8 Å². The number of benzene rings is 1. The molecule has 18 heavy (non-hydrogen) atoms. The molecule has 0 aliphatic carbocycles. The molecule has 1 aromatic carbocycles. The van der Waals surface area contributed by atoms with Crippen LogP contribution in [0.2, 0.25) is 0 Å².